The van der Waals surface area contributed by atoms with Crippen LogP contribution >= 0.6 is 86.4 Å². The zero-order valence-corrected chi connectivity index (χ0v) is 22.0. The first-order chi connectivity index (χ1) is 12.4. The molecule has 0 radical (unpaired) electrons. The van der Waals surface area contributed by atoms with Crippen LogP contribution in [-0.4, -0.2) is 45.5 Å². The first-order valence-corrected chi connectivity index (χ1v) is 19.3. The standard InChI is InChI=1S/C17H34S8/c1-2-3-4-5-6-7-8-9-17-16-24-22-13-12-20-18-10-11-19-21-14-15-23-25-17/h17H,2-16H2,1H3. The van der Waals surface area contributed by atoms with Crippen molar-refractivity contribution in [3.8, 4) is 0 Å². The third-order valence-corrected chi connectivity index (χ3v) is 14.8. The van der Waals surface area contributed by atoms with E-state index in [0.717, 1.165) is 5.25 Å². The molecule has 0 spiro atoms. The summed E-state index contributed by atoms with van der Waals surface area (Å²) in [6.45, 7) is 2.30. The molecule has 1 unspecified atom stereocenters. The third kappa shape index (κ3) is 18.6. The molecule has 1 saturated heterocycles. The predicted octanol–water partition coefficient (Wildman–Crippen LogP) is 9.03. The fraction of sp³-hybridized carbons (Fsp3) is 1.00. The van der Waals surface area contributed by atoms with Crippen LogP contribution in [0.15, 0.2) is 0 Å². The molecule has 0 aliphatic carbocycles. The van der Waals surface area contributed by atoms with E-state index in [9.17, 15) is 0 Å². The van der Waals surface area contributed by atoms with Crippen LogP contribution in [0.2, 0.25) is 0 Å². The monoisotopic (exact) mass is 494 g/mol. The molecule has 0 N–H and O–H groups in total. The minimum absolute atomic E-state index is 0.853. The molecule has 0 saturated carbocycles. The van der Waals surface area contributed by atoms with Gasteiger partial charge in [0, 0.05) is 45.5 Å². The maximum Gasteiger partial charge on any atom is 0.0250 e. The van der Waals surface area contributed by atoms with E-state index in [4.69, 9.17) is 0 Å². The van der Waals surface area contributed by atoms with Crippen LogP contribution in [0.1, 0.15) is 58.3 Å². The lowest BCUT2D eigenvalue weighted by Crippen LogP contribution is -2.05. The first kappa shape index (κ1) is 25.8. The summed E-state index contributed by atoms with van der Waals surface area (Å²) < 4.78 is 0. The molecule has 8 heteroatoms. The molecule has 1 aliphatic rings. The second-order valence-corrected chi connectivity index (χ2v) is 16.7. The second kappa shape index (κ2) is 21.5. The average Bonchev–Trinajstić information content (AvgIpc) is 2.62. The van der Waals surface area contributed by atoms with E-state index in [0.29, 0.717) is 0 Å². The fourth-order valence-corrected chi connectivity index (χ4v) is 14.0. The van der Waals surface area contributed by atoms with E-state index >= 15 is 0 Å². The number of rotatable bonds is 8. The average molecular weight is 495 g/mol. The molecule has 0 aromatic heterocycles. The smallest absolute Gasteiger partial charge is 0.0250 e. The third-order valence-electron chi connectivity index (χ3n) is 3.59. The van der Waals surface area contributed by atoms with Gasteiger partial charge in [0.15, 0.2) is 0 Å². The SMILES string of the molecule is CCCCCCCCCC1CSSCCSSCCSSCCSS1. The quantitative estimate of drug-likeness (QED) is 0.239. The predicted molar refractivity (Wildman–Crippen MR) is 141 cm³/mol. The summed E-state index contributed by atoms with van der Waals surface area (Å²) in [4.78, 5) is 0. The van der Waals surface area contributed by atoms with Crippen molar-refractivity contribution in [1.82, 2.24) is 0 Å². The van der Waals surface area contributed by atoms with Gasteiger partial charge in [-0.3, -0.25) is 0 Å². The Morgan fingerprint density at radius 3 is 1.64 bits per heavy atom. The molecule has 1 aliphatic heterocycles. The maximum atomic E-state index is 2.30. The van der Waals surface area contributed by atoms with Crippen molar-refractivity contribution in [2.24, 2.45) is 0 Å². The van der Waals surface area contributed by atoms with Gasteiger partial charge in [0.25, 0.3) is 0 Å². The molecule has 1 rings (SSSR count). The van der Waals surface area contributed by atoms with Crippen molar-refractivity contribution in [3.05, 3.63) is 0 Å². The van der Waals surface area contributed by atoms with Gasteiger partial charge in [-0.05, 0) is 6.42 Å². The molecule has 0 nitrogen and oxygen atoms in total. The number of unbranched alkanes of at least 4 members (excludes halogenated alkanes) is 6. The minimum Gasteiger partial charge on any atom is -0.0932 e. The van der Waals surface area contributed by atoms with Crippen LogP contribution < -0.4 is 0 Å². The first-order valence-electron chi connectivity index (χ1n) is 9.45. The van der Waals surface area contributed by atoms with Crippen LogP contribution in [0.5, 0.6) is 0 Å². The lowest BCUT2D eigenvalue weighted by atomic mass is 10.1. The Morgan fingerprint density at radius 2 is 1.04 bits per heavy atom. The lowest BCUT2D eigenvalue weighted by molar-refractivity contribution is 0.576. The van der Waals surface area contributed by atoms with Crippen LogP contribution in [0.4, 0.5) is 0 Å². The van der Waals surface area contributed by atoms with E-state index in [-0.39, 0.29) is 0 Å². The summed E-state index contributed by atoms with van der Waals surface area (Å²) in [5.41, 5.74) is 0. The fourth-order valence-electron chi connectivity index (χ4n) is 2.26. The highest BCUT2D eigenvalue weighted by atomic mass is 33.1. The summed E-state index contributed by atoms with van der Waals surface area (Å²) in [5, 5.41) is 0.853. The van der Waals surface area contributed by atoms with Crippen LogP contribution in [0.3, 0.4) is 0 Å². The van der Waals surface area contributed by atoms with Gasteiger partial charge in [-0.15, -0.1) is 0 Å². The van der Waals surface area contributed by atoms with Gasteiger partial charge < -0.3 is 0 Å². The molecule has 0 bridgehead atoms. The van der Waals surface area contributed by atoms with Crippen LogP contribution in [-0.2, 0) is 0 Å². The Morgan fingerprint density at radius 1 is 0.560 bits per heavy atom. The zero-order chi connectivity index (χ0) is 17.8. The molecule has 0 amide bonds. The number of hydrogen-bond donors (Lipinski definition) is 0. The van der Waals surface area contributed by atoms with Gasteiger partial charge >= 0.3 is 0 Å². The maximum absolute atomic E-state index is 2.30. The summed E-state index contributed by atoms with van der Waals surface area (Å²) >= 11 is 0. The Labute approximate surface area is 188 Å². The molecular weight excluding hydrogens is 461 g/mol. The summed E-state index contributed by atoms with van der Waals surface area (Å²) in [7, 11) is 16.8. The van der Waals surface area contributed by atoms with Crippen molar-refractivity contribution in [2.75, 3.05) is 40.3 Å². The molecule has 25 heavy (non-hydrogen) atoms. The van der Waals surface area contributed by atoms with Crippen molar-refractivity contribution >= 4 is 86.4 Å². The Hall–Kier alpha value is 2.80. The van der Waals surface area contributed by atoms with E-state index in [2.05, 4.69) is 93.3 Å². The molecule has 1 heterocycles. The van der Waals surface area contributed by atoms with Gasteiger partial charge in [0.2, 0.25) is 0 Å². The molecule has 0 aromatic rings. The second-order valence-electron chi connectivity index (χ2n) is 5.84. The summed E-state index contributed by atoms with van der Waals surface area (Å²) in [6.07, 6.45) is 11.4. The van der Waals surface area contributed by atoms with Crippen molar-refractivity contribution < 1.29 is 0 Å². The van der Waals surface area contributed by atoms with Crippen molar-refractivity contribution in [1.29, 1.82) is 0 Å². The van der Waals surface area contributed by atoms with Gasteiger partial charge in [0.05, 0.1) is 0 Å². The summed E-state index contributed by atoms with van der Waals surface area (Å²) in [6, 6.07) is 0. The highest BCUT2D eigenvalue weighted by molar-refractivity contribution is 8.80. The summed E-state index contributed by atoms with van der Waals surface area (Å²) in [5.74, 6) is 9.11. The van der Waals surface area contributed by atoms with Gasteiger partial charge in [0.1, 0.15) is 0 Å². The van der Waals surface area contributed by atoms with Gasteiger partial charge in [-0.2, -0.15) is 0 Å². The van der Waals surface area contributed by atoms with Gasteiger partial charge in [-0.1, -0.05) is 138 Å². The lowest BCUT2D eigenvalue weighted by Gasteiger charge is -2.15. The van der Waals surface area contributed by atoms with E-state index < -0.39 is 0 Å². The Bertz CT molecular complexity index is 251. The minimum atomic E-state index is 0.853. The molecule has 1 fully saturated rings. The van der Waals surface area contributed by atoms with Crippen LogP contribution in [0, 0.1) is 0 Å². The zero-order valence-electron chi connectivity index (χ0n) is 15.4. The van der Waals surface area contributed by atoms with Crippen molar-refractivity contribution in [2.45, 2.75) is 63.5 Å². The molecule has 0 aromatic carbocycles. The van der Waals surface area contributed by atoms with E-state index in [1.165, 1.54) is 91.6 Å². The topological polar surface area (TPSA) is 0 Å². The highest BCUT2D eigenvalue weighted by Gasteiger charge is 2.11. The normalized spacial score (nSPS) is 22.7. The largest absolute Gasteiger partial charge is 0.0932 e. The molecule has 150 valence electrons. The van der Waals surface area contributed by atoms with E-state index in [1.54, 1.807) is 0 Å². The van der Waals surface area contributed by atoms with Crippen molar-refractivity contribution in [3.63, 3.8) is 0 Å². The van der Waals surface area contributed by atoms with Gasteiger partial charge in [-0.25, -0.2) is 0 Å². The Balaban J connectivity index is 2.14. The highest BCUT2D eigenvalue weighted by Crippen LogP contribution is 2.37. The molecule has 1 atom stereocenters. The Kier molecular flexibility index (Phi) is 22.2. The van der Waals surface area contributed by atoms with Crippen LogP contribution in [0.25, 0.3) is 0 Å². The molecular formula is C17H34S8. The van der Waals surface area contributed by atoms with E-state index in [1.807, 2.05) is 0 Å². The number of hydrogen-bond acceptors (Lipinski definition) is 8.